The fourth-order valence-electron chi connectivity index (χ4n) is 5.88. The van der Waals surface area contributed by atoms with Gasteiger partial charge in [-0.2, -0.15) is 18.3 Å². The van der Waals surface area contributed by atoms with Gasteiger partial charge in [-0.25, -0.2) is 9.67 Å². The number of fused-ring (bicyclic) bond motifs is 1. The van der Waals surface area contributed by atoms with Gasteiger partial charge in [-0.15, -0.1) is 0 Å². The number of alkyl halides is 3. The van der Waals surface area contributed by atoms with Crippen LogP contribution in [0.2, 0.25) is 0 Å². The molecule has 1 aromatic carbocycles. The number of morpholine rings is 1. The number of nitrogens with zero attached hydrogens (tertiary/aromatic N) is 5. The lowest BCUT2D eigenvalue weighted by molar-refractivity contribution is -0.138. The molecule has 3 aromatic heterocycles. The molecule has 0 amide bonds. The largest absolute Gasteiger partial charge is 0.416 e. The Kier molecular flexibility index (Phi) is 7.76. The van der Waals surface area contributed by atoms with Crippen molar-refractivity contribution in [3.05, 3.63) is 70.8 Å². The van der Waals surface area contributed by atoms with Gasteiger partial charge in [0.05, 0.1) is 48.2 Å². The van der Waals surface area contributed by atoms with Crippen LogP contribution in [0.4, 0.5) is 18.9 Å². The topological polar surface area (TPSA) is 66.0 Å². The van der Waals surface area contributed by atoms with E-state index in [-0.39, 0.29) is 24.8 Å². The molecule has 11 heteroatoms. The van der Waals surface area contributed by atoms with Crippen LogP contribution in [0.1, 0.15) is 53.6 Å². The summed E-state index contributed by atoms with van der Waals surface area (Å²) in [5, 5.41) is 4.63. The van der Waals surface area contributed by atoms with Gasteiger partial charge < -0.3 is 23.5 Å². The van der Waals surface area contributed by atoms with Gasteiger partial charge in [-0.1, -0.05) is 12.1 Å². The molecular weight excluding hydrogens is 535 g/mol. The Balaban J connectivity index is 1.54. The predicted octanol–water partition coefficient (Wildman–Crippen LogP) is 5.80. The van der Waals surface area contributed by atoms with Crippen molar-refractivity contribution in [1.29, 1.82) is 0 Å². The van der Waals surface area contributed by atoms with Gasteiger partial charge in [0.15, 0.2) is 6.23 Å². The maximum absolute atomic E-state index is 13.7. The first-order valence-corrected chi connectivity index (χ1v) is 14.0. The quantitative estimate of drug-likeness (QED) is 0.281. The van der Waals surface area contributed by atoms with Crippen molar-refractivity contribution in [2.75, 3.05) is 44.9 Å². The van der Waals surface area contributed by atoms with E-state index in [1.807, 2.05) is 21.3 Å². The number of halogens is 3. The van der Waals surface area contributed by atoms with E-state index in [2.05, 4.69) is 16.1 Å². The second kappa shape index (κ2) is 11.5. The van der Waals surface area contributed by atoms with Crippen LogP contribution < -0.4 is 4.90 Å². The van der Waals surface area contributed by atoms with E-state index in [9.17, 15) is 13.2 Å². The van der Waals surface area contributed by atoms with E-state index >= 15 is 0 Å². The summed E-state index contributed by atoms with van der Waals surface area (Å²) in [5.41, 5.74) is 5.11. The lowest BCUT2D eigenvalue weighted by Crippen LogP contribution is -2.36. The number of benzene rings is 1. The van der Waals surface area contributed by atoms with E-state index in [1.165, 1.54) is 13.0 Å². The maximum atomic E-state index is 13.7. The van der Waals surface area contributed by atoms with Crippen LogP contribution in [-0.2, 0) is 33.4 Å². The zero-order valence-electron chi connectivity index (χ0n) is 23.3. The van der Waals surface area contributed by atoms with Crippen LogP contribution in [0.15, 0.2) is 42.7 Å². The van der Waals surface area contributed by atoms with E-state index < -0.39 is 11.7 Å². The summed E-state index contributed by atoms with van der Waals surface area (Å²) in [5.74, 6) is 0. The molecule has 6 rings (SSSR count). The van der Waals surface area contributed by atoms with Crippen molar-refractivity contribution in [2.45, 2.75) is 51.6 Å². The average molecular weight is 570 g/mol. The second-order valence-electron chi connectivity index (χ2n) is 10.6. The second-order valence-corrected chi connectivity index (χ2v) is 10.6. The minimum atomic E-state index is -4.43. The summed E-state index contributed by atoms with van der Waals surface area (Å²) in [7, 11) is 1.60. The highest BCUT2D eigenvalue weighted by Gasteiger charge is 2.33. The Labute approximate surface area is 236 Å². The SMILES string of the molecule is COCc1nc2c(-c3ccnn3C3CCCCO3)cc(N3CCOCC3)cn2c1Cc1cccc(C(F)(F)F)c1C. The number of anilines is 1. The average Bonchev–Trinajstić information content (AvgIpc) is 3.59. The van der Waals surface area contributed by atoms with Crippen molar-refractivity contribution in [2.24, 2.45) is 0 Å². The Bertz CT molecular complexity index is 1520. The first-order valence-electron chi connectivity index (χ1n) is 14.0. The van der Waals surface area contributed by atoms with Crippen LogP contribution >= 0.6 is 0 Å². The highest BCUT2D eigenvalue weighted by atomic mass is 19.4. The van der Waals surface area contributed by atoms with Crippen LogP contribution in [-0.4, -0.2) is 59.2 Å². The number of imidazole rings is 1. The van der Waals surface area contributed by atoms with Crippen LogP contribution in [0, 0.1) is 6.92 Å². The molecule has 2 saturated heterocycles. The third-order valence-electron chi connectivity index (χ3n) is 8.03. The maximum Gasteiger partial charge on any atom is 0.416 e. The van der Waals surface area contributed by atoms with E-state index in [4.69, 9.17) is 19.2 Å². The summed E-state index contributed by atoms with van der Waals surface area (Å²) in [4.78, 5) is 7.28. The summed E-state index contributed by atoms with van der Waals surface area (Å²) in [6.07, 6.45) is 2.46. The highest BCUT2D eigenvalue weighted by molar-refractivity contribution is 5.80. The third kappa shape index (κ3) is 5.45. The molecule has 1 atom stereocenters. The monoisotopic (exact) mass is 569 g/mol. The minimum Gasteiger partial charge on any atom is -0.378 e. The Morgan fingerprint density at radius 2 is 1.93 bits per heavy atom. The molecule has 0 saturated carbocycles. The number of ether oxygens (including phenoxy) is 3. The Hall–Kier alpha value is -3.41. The van der Waals surface area contributed by atoms with Crippen LogP contribution in [0.3, 0.4) is 0 Å². The van der Waals surface area contributed by atoms with Gasteiger partial charge in [0.25, 0.3) is 0 Å². The summed E-state index contributed by atoms with van der Waals surface area (Å²) < 4.78 is 62.4. The molecule has 0 spiro atoms. The van der Waals surface area contributed by atoms with Crippen molar-refractivity contribution >= 4 is 11.3 Å². The molecule has 2 aliphatic rings. The number of rotatable bonds is 7. The summed E-state index contributed by atoms with van der Waals surface area (Å²) >= 11 is 0. The number of hydrogen-bond acceptors (Lipinski definition) is 6. The molecule has 8 nitrogen and oxygen atoms in total. The Morgan fingerprint density at radius 3 is 2.66 bits per heavy atom. The zero-order valence-corrected chi connectivity index (χ0v) is 23.3. The molecular formula is C30H34F3N5O3. The number of methoxy groups -OCH3 is 1. The van der Waals surface area contributed by atoms with Crippen molar-refractivity contribution in [3.8, 4) is 11.3 Å². The molecule has 5 heterocycles. The van der Waals surface area contributed by atoms with Gasteiger partial charge in [0, 0.05) is 51.2 Å². The lowest BCUT2D eigenvalue weighted by atomic mass is 9.98. The standard InChI is InChI=1S/C30H34F3N5O3/c1-20-21(6-5-7-24(20)30(31,32)33)16-27-25(19-39-2)35-29-23(17-22(18-37(27)29)36-11-14-40-15-12-36)26-9-10-34-38(26)28-8-3-4-13-41-28/h5-7,9-10,17-18,28H,3-4,8,11-16,19H2,1-2H3. The molecule has 0 bridgehead atoms. The van der Waals surface area contributed by atoms with Crippen LogP contribution in [0.25, 0.3) is 16.9 Å². The molecule has 0 N–H and O–H groups in total. The van der Waals surface area contributed by atoms with Gasteiger partial charge >= 0.3 is 6.18 Å². The van der Waals surface area contributed by atoms with Gasteiger partial charge in [0.1, 0.15) is 5.65 Å². The minimum absolute atomic E-state index is 0.165. The van der Waals surface area contributed by atoms with Gasteiger partial charge in [0.2, 0.25) is 0 Å². The van der Waals surface area contributed by atoms with Crippen LogP contribution in [0.5, 0.6) is 0 Å². The fourth-order valence-corrected chi connectivity index (χ4v) is 5.88. The summed E-state index contributed by atoms with van der Waals surface area (Å²) in [6, 6.07) is 8.45. The van der Waals surface area contributed by atoms with E-state index in [0.29, 0.717) is 36.7 Å². The molecule has 4 aromatic rings. The third-order valence-corrected chi connectivity index (χ3v) is 8.03. The van der Waals surface area contributed by atoms with Gasteiger partial charge in [-0.05, 0) is 55.5 Å². The number of aromatic nitrogens is 4. The lowest BCUT2D eigenvalue weighted by Gasteiger charge is -2.30. The molecule has 2 fully saturated rings. The Morgan fingerprint density at radius 1 is 1.10 bits per heavy atom. The normalized spacial score (nSPS) is 18.4. The smallest absolute Gasteiger partial charge is 0.378 e. The first kappa shape index (κ1) is 27.7. The van der Waals surface area contributed by atoms with E-state index in [0.717, 1.165) is 61.1 Å². The number of hydrogen-bond donors (Lipinski definition) is 0. The molecule has 0 aliphatic carbocycles. The molecule has 218 valence electrons. The first-order chi connectivity index (χ1) is 19.8. The van der Waals surface area contributed by atoms with Gasteiger partial charge in [-0.3, -0.25) is 0 Å². The molecule has 1 unspecified atom stereocenters. The van der Waals surface area contributed by atoms with Crippen molar-refractivity contribution in [1.82, 2.24) is 19.2 Å². The highest BCUT2D eigenvalue weighted by Crippen LogP contribution is 2.37. The van der Waals surface area contributed by atoms with Crippen molar-refractivity contribution in [3.63, 3.8) is 0 Å². The summed E-state index contributed by atoms with van der Waals surface area (Å²) in [6.45, 7) is 5.16. The van der Waals surface area contributed by atoms with Crippen molar-refractivity contribution < 1.29 is 27.4 Å². The predicted molar refractivity (Wildman–Crippen MR) is 148 cm³/mol. The molecule has 0 radical (unpaired) electrons. The molecule has 2 aliphatic heterocycles. The number of pyridine rings is 1. The molecule has 41 heavy (non-hydrogen) atoms. The van der Waals surface area contributed by atoms with E-state index in [1.54, 1.807) is 19.4 Å². The fraction of sp³-hybridized carbons (Fsp3) is 0.467. The zero-order chi connectivity index (χ0) is 28.6.